The fourth-order valence-electron chi connectivity index (χ4n) is 1.53. The van der Waals surface area contributed by atoms with Gasteiger partial charge in [-0.1, -0.05) is 18.2 Å². The highest BCUT2D eigenvalue weighted by atomic mass is 127. The second kappa shape index (κ2) is 6.51. The fraction of sp³-hybridized carbons (Fsp3) is 0.0714. The normalized spacial score (nSPS) is 10.0. The van der Waals surface area contributed by atoms with Crippen LogP contribution in [0.2, 0.25) is 0 Å². The molecule has 0 atom stereocenters. The van der Waals surface area contributed by atoms with Crippen molar-refractivity contribution in [2.75, 3.05) is 5.32 Å². The molecule has 0 fully saturated rings. The van der Waals surface area contributed by atoms with Crippen molar-refractivity contribution < 1.29 is 9.18 Å². The third-order valence-corrected chi connectivity index (χ3v) is 3.22. The first kappa shape index (κ1) is 13.8. The van der Waals surface area contributed by atoms with Gasteiger partial charge in [-0.2, -0.15) is 0 Å². The van der Waals surface area contributed by atoms with Gasteiger partial charge in [-0.15, -0.1) is 0 Å². The monoisotopic (exact) mass is 370 g/mol. The van der Waals surface area contributed by atoms with Gasteiger partial charge in [0, 0.05) is 21.4 Å². The standard InChI is InChI=1S/C14H12FIN2O/c15-13-4-2-1-3-10(13)9-17-14(19)18-12-7-5-11(16)6-8-12/h1-8H,9H2,(H2,17,18,19). The van der Waals surface area contributed by atoms with E-state index < -0.39 is 0 Å². The van der Waals surface area contributed by atoms with Gasteiger partial charge in [-0.25, -0.2) is 9.18 Å². The minimum absolute atomic E-state index is 0.156. The van der Waals surface area contributed by atoms with E-state index >= 15 is 0 Å². The van der Waals surface area contributed by atoms with Gasteiger partial charge < -0.3 is 10.6 Å². The lowest BCUT2D eigenvalue weighted by Crippen LogP contribution is -2.28. The fourth-order valence-corrected chi connectivity index (χ4v) is 1.89. The van der Waals surface area contributed by atoms with Crippen LogP contribution in [0.25, 0.3) is 0 Å². The zero-order chi connectivity index (χ0) is 13.7. The highest BCUT2D eigenvalue weighted by molar-refractivity contribution is 14.1. The molecule has 0 aliphatic rings. The second-order valence-electron chi connectivity index (χ2n) is 3.91. The molecule has 19 heavy (non-hydrogen) atoms. The summed E-state index contributed by atoms with van der Waals surface area (Å²) in [4.78, 5) is 11.6. The predicted octanol–water partition coefficient (Wildman–Crippen LogP) is 3.75. The van der Waals surface area contributed by atoms with Crippen LogP contribution in [0.15, 0.2) is 48.5 Å². The molecule has 3 nitrogen and oxygen atoms in total. The molecule has 0 bridgehead atoms. The molecule has 0 spiro atoms. The van der Waals surface area contributed by atoms with Crippen LogP contribution in [-0.2, 0) is 6.54 Å². The van der Waals surface area contributed by atoms with Gasteiger partial charge in [0.1, 0.15) is 5.82 Å². The maximum absolute atomic E-state index is 13.3. The Hall–Kier alpha value is -1.63. The Bertz CT molecular complexity index is 572. The van der Waals surface area contributed by atoms with Crippen molar-refractivity contribution in [2.24, 2.45) is 0 Å². The van der Waals surface area contributed by atoms with E-state index in [-0.39, 0.29) is 18.4 Å². The summed E-state index contributed by atoms with van der Waals surface area (Å²) in [6, 6.07) is 13.4. The van der Waals surface area contributed by atoms with E-state index in [0.717, 1.165) is 3.57 Å². The lowest BCUT2D eigenvalue weighted by molar-refractivity contribution is 0.251. The summed E-state index contributed by atoms with van der Waals surface area (Å²) in [7, 11) is 0. The zero-order valence-corrected chi connectivity index (χ0v) is 12.1. The van der Waals surface area contributed by atoms with Gasteiger partial charge in [-0.3, -0.25) is 0 Å². The SMILES string of the molecule is O=C(NCc1ccccc1F)Nc1ccc(I)cc1. The molecule has 0 saturated heterocycles. The molecule has 5 heteroatoms. The van der Waals surface area contributed by atoms with Gasteiger partial charge in [-0.05, 0) is 52.9 Å². The van der Waals surface area contributed by atoms with E-state index in [1.165, 1.54) is 6.07 Å². The first-order valence-electron chi connectivity index (χ1n) is 5.69. The Morgan fingerprint density at radius 2 is 1.79 bits per heavy atom. The van der Waals surface area contributed by atoms with E-state index in [1.807, 2.05) is 24.3 Å². The van der Waals surface area contributed by atoms with Gasteiger partial charge in [0.15, 0.2) is 0 Å². The van der Waals surface area contributed by atoms with Gasteiger partial charge in [0.2, 0.25) is 0 Å². The van der Waals surface area contributed by atoms with Gasteiger partial charge in [0.05, 0.1) is 0 Å². The molecule has 0 unspecified atom stereocenters. The predicted molar refractivity (Wildman–Crippen MR) is 81.4 cm³/mol. The lowest BCUT2D eigenvalue weighted by atomic mass is 10.2. The van der Waals surface area contributed by atoms with Crippen molar-refractivity contribution in [3.8, 4) is 0 Å². The third-order valence-electron chi connectivity index (χ3n) is 2.50. The number of rotatable bonds is 3. The molecule has 2 amide bonds. The number of hydrogen-bond donors (Lipinski definition) is 2. The number of nitrogens with one attached hydrogen (secondary N) is 2. The number of carbonyl (C=O) groups is 1. The summed E-state index contributed by atoms with van der Waals surface area (Å²) < 4.78 is 14.4. The summed E-state index contributed by atoms with van der Waals surface area (Å²) in [5.41, 5.74) is 1.16. The molecule has 2 N–H and O–H groups in total. The number of hydrogen-bond acceptors (Lipinski definition) is 1. The van der Waals surface area contributed by atoms with Crippen LogP contribution in [0, 0.1) is 9.39 Å². The maximum atomic E-state index is 13.3. The van der Waals surface area contributed by atoms with E-state index in [0.29, 0.717) is 11.3 Å². The molecule has 0 aliphatic heterocycles. The van der Waals surface area contributed by atoms with Crippen molar-refractivity contribution >= 4 is 34.3 Å². The number of halogens is 2. The molecule has 0 aliphatic carbocycles. The average molecular weight is 370 g/mol. The average Bonchev–Trinajstić information content (AvgIpc) is 2.40. The summed E-state index contributed by atoms with van der Waals surface area (Å²) in [6.45, 7) is 0.156. The highest BCUT2D eigenvalue weighted by Gasteiger charge is 2.04. The maximum Gasteiger partial charge on any atom is 0.319 e. The second-order valence-corrected chi connectivity index (χ2v) is 5.15. The Labute approximate surface area is 124 Å². The number of amides is 2. The van der Waals surface area contributed by atoms with Crippen molar-refractivity contribution in [3.05, 3.63) is 63.5 Å². The quantitative estimate of drug-likeness (QED) is 0.794. The number of anilines is 1. The molecular weight excluding hydrogens is 358 g/mol. The third kappa shape index (κ3) is 4.20. The van der Waals surface area contributed by atoms with Gasteiger partial charge in [0.25, 0.3) is 0 Å². The van der Waals surface area contributed by atoms with E-state index in [4.69, 9.17) is 0 Å². The first-order chi connectivity index (χ1) is 9.15. The Morgan fingerprint density at radius 3 is 2.47 bits per heavy atom. The highest BCUT2D eigenvalue weighted by Crippen LogP contribution is 2.11. The Kier molecular flexibility index (Phi) is 4.73. The van der Waals surface area contributed by atoms with E-state index in [1.54, 1.807) is 18.2 Å². The number of urea groups is 1. The van der Waals surface area contributed by atoms with Crippen molar-refractivity contribution in [2.45, 2.75) is 6.54 Å². The molecule has 2 rings (SSSR count). The molecule has 0 heterocycles. The lowest BCUT2D eigenvalue weighted by Gasteiger charge is -2.08. The topological polar surface area (TPSA) is 41.1 Å². The molecular formula is C14H12FIN2O. The van der Waals surface area contributed by atoms with Crippen molar-refractivity contribution in [1.82, 2.24) is 5.32 Å². The van der Waals surface area contributed by atoms with Crippen LogP contribution in [0.1, 0.15) is 5.56 Å². The Morgan fingerprint density at radius 1 is 1.11 bits per heavy atom. The first-order valence-corrected chi connectivity index (χ1v) is 6.77. The summed E-state index contributed by atoms with van der Waals surface area (Å²) in [6.07, 6.45) is 0. The van der Waals surface area contributed by atoms with Crippen LogP contribution < -0.4 is 10.6 Å². The summed E-state index contributed by atoms with van der Waals surface area (Å²) >= 11 is 2.19. The largest absolute Gasteiger partial charge is 0.334 e. The van der Waals surface area contributed by atoms with Crippen LogP contribution in [0.4, 0.5) is 14.9 Å². The van der Waals surface area contributed by atoms with Gasteiger partial charge >= 0.3 is 6.03 Å². The summed E-state index contributed by atoms with van der Waals surface area (Å²) in [5, 5.41) is 5.29. The zero-order valence-electron chi connectivity index (χ0n) is 9.99. The molecule has 2 aromatic rings. The van der Waals surface area contributed by atoms with Crippen LogP contribution in [0.5, 0.6) is 0 Å². The smallest absolute Gasteiger partial charge is 0.319 e. The molecule has 0 saturated carbocycles. The van der Waals surface area contributed by atoms with Crippen molar-refractivity contribution in [1.29, 1.82) is 0 Å². The summed E-state index contributed by atoms with van der Waals surface area (Å²) in [5.74, 6) is -0.322. The van der Waals surface area contributed by atoms with E-state index in [2.05, 4.69) is 33.2 Å². The van der Waals surface area contributed by atoms with Crippen LogP contribution >= 0.6 is 22.6 Å². The Balaban J connectivity index is 1.88. The molecule has 0 radical (unpaired) electrons. The van der Waals surface area contributed by atoms with Crippen LogP contribution in [-0.4, -0.2) is 6.03 Å². The minimum Gasteiger partial charge on any atom is -0.334 e. The number of benzene rings is 2. The van der Waals surface area contributed by atoms with Crippen LogP contribution in [0.3, 0.4) is 0 Å². The molecule has 0 aromatic heterocycles. The molecule has 98 valence electrons. The number of carbonyl (C=O) groups excluding carboxylic acids is 1. The molecule has 2 aromatic carbocycles. The van der Waals surface area contributed by atoms with E-state index in [9.17, 15) is 9.18 Å². The minimum atomic E-state index is -0.357. The van der Waals surface area contributed by atoms with Crippen molar-refractivity contribution in [3.63, 3.8) is 0 Å².